The topological polar surface area (TPSA) is 52.8 Å². The molecule has 0 unspecified atom stereocenters. The van der Waals surface area contributed by atoms with Crippen LogP contribution in [0, 0.1) is 0 Å². The Morgan fingerprint density at radius 2 is 1.67 bits per heavy atom. The number of nitrogens with zero attached hydrogens (tertiary/aromatic N) is 4. The van der Waals surface area contributed by atoms with Crippen LogP contribution in [0.4, 0.5) is 0 Å². The molecule has 0 N–H and O–H groups in total. The maximum absolute atomic E-state index is 6.31. The number of ether oxygens (including phenoxy) is 1. The van der Waals surface area contributed by atoms with Gasteiger partial charge in [0.25, 0.3) is 0 Å². The van der Waals surface area contributed by atoms with Crippen molar-refractivity contribution in [2.45, 2.75) is 6.54 Å². The fourth-order valence-electron chi connectivity index (χ4n) is 2.68. The summed E-state index contributed by atoms with van der Waals surface area (Å²) in [5.41, 5.74) is 1.61. The van der Waals surface area contributed by atoms with Crippen LogP contribution in [0.25, 0.3) is 11.4 Å². The van der Waals surface area contributed by atoms with Gasteiger partial charge in [-0.3, -0.25) is 0 Å². The molecule has 0 spiro atoms. The highest BCUT2D eigenvalue weighted by molar-refractivity contribution is 6.35. The van der Waals surface area contributed by atoms with E-state index in [4.69, 9.17) is 27.9 Å². The molecule has 4 aromatic rings. The zero-order valence-electron chi connectivity index (χ0n) is 14.1. The van der Waals surface area contributed by atoms with Crippen molar-refractivity contribution in [2.75, 3.05) is 0 Å². The standard InChI is InChI=1S/C20H14Cl2N4O/c21-15-10-11-18(22)17(12-15)20-23-24-25-26(20)13-14-6-4-5-9-19(14)27-16-7-2-1-3-8-16/h1-12H,13H2. The Morgan fingerprint density at radius 1 is 0.889 bits per heavy atom. The van der Waals surface area contributed by atoms with Crippen LogP contribution < -0.4 is 4.74 Å². The first-order valence-electron chi connectivity index (χ1n) is 8.23. The molecule has 0 saturated carbocycles. The Labute approximate surface area is 166 Å². The van der Waals surface area contributed by atoms with Crippen LogP contribution >= 0.6 is 23.2 Å². The summed E-state index contributed by atoms with van der Waals surface area (Å²) >= 11 is 12.4. The van der Waals surface area contributed by atoms with Gasteiger partial charge in [-0.15, -0.1) is 5.10 Å². The van der Waals surface area contributed by atoms with Gasteiger partial charge in [-0.1, -0.05) is 59.6 Å². The fourth-order valence-corrected chi connectivity index (χ4v) is 3.06. The number of para-hydroxylation sites is 2. The second-order valence-electron chi connectivity index (χ2n) is 5.81. The third kappa shape index (κ3) is 3.94. The highest BCUT2D eigenvalue weighted by Crippen LogP contribution is 2.30. The lowest BCUT2D eigenvalue weighted by molar-refractivity contribution is 0.471. The third-order valence-corrected chi connectivity index (χ3v) is 4.53. The first-order chi connectivity index (χ1) is 13.2. The van der Waals surface area contributed by atoms with Crippen LogP contribution in [0.2, 0.25) is 10.0 Å². The molecule has 0 fully saturated rings. The van der Waals surface area contributed by atoms with E-state index >= 15 is 0 Å². The van der Waals surface area contributed by atoms with Gasteiger partial charge in [-0.05, 0) is 46.8 Å². The average Bonchev–Trinajstić information content (AvgIpc) is 3.14. The Morgan fingerprint density at radius 3 is 2.52 bits per heavy atom. The van der Waals surface area contributed by atoms with Gasteiger partial charge < -0.3 is 4.74 Å². The summed E-state index contributed by atoms with van der Waals surface area (Å²) in [5.74, 6) is 2.04. The molecule has 0 radical (unpaired) electrons. The first kappa shape index (κ1) is 17.5. The van der Waals surface area contributed by atoms with Gasteiger partial charge in [0.1, 0.15) is 11.5 Å². The van der Waals surface area contributed by atoms with E-state index in [2.05, 4.69) is 15.5 Å². The van der Waals surface area contributed by atoms with Crippen molar-refractivity contribution in [2.24, 2.45) is 0 Å². The smallest absolute Gasteiger partial charge is 0.183 e. The average molecular weight is 397 g/mol. The second kappa shape index (κ2) is 7.78. The molecule has 0 bridgehead atoms. The number of tetrazole rings is 1. The maximum atomic E-state index is 6.31. The summed E-state index contributed by atoms with van der Waals surface area (Å²) in [6.45, 7) is 0.425. The van der Waals surface area contributed by atoms with Crippen molar-refractivity contribution < 1.29 is 4.74 Å². The maximum Gasteiger partial charge on any atom is 0.183 e. The van der Waals surface area contributed by atoms with Crippen molar-refractivity contribution in [3.8, 4) is 22.9 Å². The van der Waals surface area contributed by atoms with Gasteiger partial charge >= 0.3 is 0 Å². The zero-order valence-corrected chi connectivity index (χ0v) is 15.6. The minimum Gasteiger partial charge on any atom is -0.457 e. The minimum absolute atomic E-state index is 0.425. The summed E-state index contributed by atoms with van der Waals surface area (Å²) < 4.78 is 7.69. The van der Waals surface area contributed by atoms with Crippen molar-refractivity contribution in [3.63, 3.8) is 0 Å². The van der Waals surface area contributed by atoms with E-state index in [9.17, 15) is 0 Å². The molecule has 27 heavy (non-hydrogen) atoms. The molecule has 1 aromatic heterocycles. The van der Waals surface area contributed by atoms with E-state index in [-0.39, 0.29) is 0 Å². The molecule has 134 valence electrons. The monoisotopic (exact) mass is 396 g/mol. The van der Waals surface area contributed by atoms with Crippen LogP contribution in [0.1, 0.15) is 5.56 Å². The van der Waals surface area contributed by atoms with Crippen molar-refractivity contribution >= 4 is 23.2 Å². The first-order valence-corrected chi connectivity index (χ1v) is 8.99. The number of hydrogen-bond donors (Lipinski definition) is 0. The molecule has 0 aliphatic carbocycles. The molecule has 1 heterocycles. The lowest BCUT2D eigenvalue weighted by Gasteiger charge is -2.12. The van der Waals surface area contributed by atoms with E-state index in [1.54, 1.807) is 22.9 Å². The minimum atomic E-state index is 0.425. The number of aromatic nitrogens is 4. The Kier molecular flexibility index (Phi) is 5.05. The highest BCUT2D eigenvalue weighted by atomic mass is 35.5. The molecule has 3 aromatic carbocycles. The Balaban J connectivity index is 1.67. The SMILES string of the molecule is Clc1ccc(Cl)c(-c2nnnn2Cc2ccccc2Oc2ccccc2)c1. The zero-order chi connectivity index (χ0) is 18.6. The Hall–Kier alpha value is -2.89. The molecule has 0 aliphatic rings. The predicted molar refractivity (Wildman–Crippen MR) is 105 cm³/mol. The van der Waals surface area contributed by atoms with E-state index in [1.165, 1.54) is 0 Å². The number of benzene rings is 3. The summed E-state index contributed by atoms with van der Waals surface area (Å²) in [4.78, 5) is 0. The molecule has 0 amide bonds. The molecule has 0 atom stereocenters. The van der Waals surface area contributed by atoms with Gasteiger partial charge in [-0.25, -0.2) is 4.68 Å². The lowest BCUT2D eigenvalue weighted by atomic mass is 10.2. The summed E-state index contributed by atoms with van der Waals surface area (Å²) in [6.07, 6.45) is 0. The van der Waals surface area contributed by atoms with Gasteiger partial charge in [-0.2, -0.15) is 0 Å². The van der Waals surface area contributed by atoms with Crippen LogP contribution in [0.3, 0.4) is 0 Å². The molecule has 7 heteroatoms. The van der Waals surface area contributed by atoms with Crippen LogP contribution in [0.15, 0.2) is 72.8 Å². The van der Waals surface area contributed by atoms with Gasteiger partial charge in [0.2, 0.25) is 0 Å². The Bertz CT molecular complexity index is 1070. The second-order valence-corrected chi connectivity index (χ2v) is 6.65. The fraction of sp³-hybridized carbons (Fsp3) is 0.0500. The van der Waals surface area contributed by atoms with Crippen LogP contribution in [-0.2, 0) is 6.54 Å². The van der Waals surface area contributed by atoms with E-state index in [0.717, 1.165) is 17.1 Å². The quantitative estimate of drug-likeness (QED) is 0.447. The normalized spacial score (nSPS) is 10.7. The molecule has 5 nitrogen and oxygen atoms in total. The van der Waals surface area contributed by atoms with Crippen molar-refractivity contribution in [1.29, 1.82) is 0 Å². The van der Waals surface area contributed by atoms with Gasteiger partial charge in [0.15, 0.2) is 5.82 Å². The number of rotatable bonds is 5. The third-order valence-electron chi connectivity index (χ3n) is 3.96. The van der Waals surface area contributed by atoms with E-state index in [0.29, 0.717) is 28.0 Å². The molecule has 0 aliphatic heterocycles. The van der Waals surface area contributed by atoms with Crippen molar-refractivity contribution in [1.82, 2.24) is 20.2 Å². The van der Waals surface area contributed by atoms with E-state index in [1.807, 2.05) is 54.6 Å². The van der Waals surface area contributed by atoms with Crippen LogP contribution in [0.5, 0.6) is 11.5 Å². The summed E-state index contributed by atoms with van der Waals surface area (Å²) in [6, 6.07) is 22.6. The predicted octanol–water partition coefficient (Wildman–Crippen LogP) is 5.49. The number of hydrogen-bond acceptors (Lipinski definition) is 4. The molecular formula is C20H14Cl2N4O. The van der Waals surface area contributed by atoms with Gasteiger partial charge in [0, 0.05) is 16.1 Å². The summed E-state index contributed by atoms with van der Waals surface area (Å²) in [5, 5.41) is 13.1. The van der Waals surface area contributed by atoms with Gasteiger partial charge in [0.05, 0.1) is 11.6 Å². The molecule has 4 rings (SSSR count). The van der Waals surface area contributed by atoms with Crippen molar-refractivity contribution in [3.05, 3.63) is 88.4 Å². The number of halogens is 2. The molecule has 0 saturated heterocycles. The molecular weight excluding hydrogens is 383 g/mol. The summed E-state index contributed by atoms with van der Waals surface area (Å²) in [7, 11) is 0. The lowest BCUT2D eigenvalue weighted by Crippen LogP contribution is -2.06. The highest BCUT2D eigenvalue weighted by Gasteiger charge is 2.15. The van der Waals surface area contributed by atoms with Crippen LogP contribution in [-0.4, -0.2) is 20.2 Å². The van der Waals surface area contributed by atoms with E-state index < -0.39 is 0 Å². The largest absolute Gasteiger partial charge is 0.457 e.